The number of rotatable bonds is 5. The molecule has 7 nitrogen and oxygen atoms in total. The van der Waals surface area contributed by atoms with Crippen LogP contribution in [0.3, 0.4) is 0 Å². The van der Waals surface area contributed by atoms with Crippen LogP contribution in [0.2, 0.25) is 0 Å². The minimum absolute atomic E-state index is 0.0903. The van der Waals surface area contributed by atoms with E-state index in [4.69, 9.17) is 0 Å². The molecule has 1 amide bonds. The number of benzene rings is 1. The van der Waals surface area contributed by atoms with Crippen molar-refractivity contribution in [2.45, 2.75) is 56.3 Å². The molecule has 32 heavy (non-hydrogen) atoms. The molecule has 1 saturated heterocycles. The fourth-order valence-electron chi connectivity index (χ4n) is 4.64. The van der Waals surface area contributed by atoms with Crippen molar-refractivity contribution in [3.8, 4) is 0 Å². The second-order valence-corrected chi connectivity index (χ2v) is 12.8. The van der Waals surface area contributed by atoms with Crippen LogP contribution >= 0.6 is 11.8 Å². The van der Waals surface area contributed by atoms with E-state index in [-0.39, 0.29) is 23.5 Å². The third-order valence-corrected chi connectivity index (χ3v) is 9.39. The van der Waals surface area contributed by atoms with Gasteiger partial charge in [-0.1, -0.05) is 19.1 Å². The van der Waals surface area contributed by atoms with Crippen molar-refractivity contribution in [2.75, 3.05) is 36.5 Å². The van der Waals surface area contributed by atoms with E-state index in [1.165, 1.54) is 0 Å². The second-order valence-electron chi connectivity index (χ2n) is 9.05. The van der Waals surface area contributed by atoms with Crippen molar-refractivity contribution in [2.24, 2.45) is 0 Å². The molecule has 0 bridgehead atoms. The topological polar surface area (TPSA) is 75.5 Å². The Morgan fingerprint density at radius 3 is 2.72 bits per heavy atom. The molecule has 2 aliphatic heterocycles. The van der Waals surface area contributed by atoms with E-state index in [2.05, 4.69) is 18.1 Å². The molecule has 9 heteroatoms. The third-order valence-electron chi connectivity index (χ3n) is 6.41. The minimum atomic E-state index is -2.97. The minimum Gasteiger partial charge on any atom is -0.310 e. The summed E-state index contributed by atoms with van der Waals surface area (Å²) in [6.45, 7) is 7.81. The van der Waals surface area contributed by atoms with Crippen molar-refractivity contribution in [1.82, 2.24) is 14.7 Å². The Bertz CT molecular complexity index is 1110. The highest BCUT2D eigenvalue weighted by Gasteiger charge is 2.32. The Kier molecular flexibility index (Phi) is 6.70. The predicted molar refractivity (Wildman–Crippen MR) is 129 cm³/mol. The van der Waals surface area contributed by atoms with Crippen molar-refractivity contribution in [1.29, 1.82) is 0 Å². The van der Waals surface area contributed by atoms with Crippen molar-refractivity contribution < 1.29 is 13.2 Å². The maximum absolute atomic E-state index is 13.3. The molecule has 0 aliphatic carbocycles. The SMILES string of the molecule is Cc1nn([C@H]2CCS(=O)(=O)C2)c(C)c1CN(C)CC(=O)N1CC[C@H](C)Sc2ccccc21. The van der Waals surface area contributed by atoms with Crippen LogP contribution in [0.4, 0.5) is 5.69 Å². The van der Waals surface area contributed by atoms with E-state index in [9.17, 15) is 13.2 Å². The summed E-state index contributed by atoms with van der Waals surface area (Å²) < 4.78 is 25.7. The molecule has 2 atom stereocenters. The molecule has 2 aliphatic rings. The van der Waals surface area contributed by atoms with Gasteiger partial charge in [-0.15, -0.1) is 11.8 Å². The van der Waals surface area contributed by atoms with Gasteiger partial charge in [0.2, 0.25) is 5.91 Å². The number of nitrogens with zero attached hydrogens (tertiary/aromatic N) is 4. The van der Waals surface area contributed by atoms with Gasteiger partial charge in [0.25, 0.3) is 0 Å². The van der Waals surface area contributed by atoms with E-state index in [0.717, 1.165) is 40.5 Å². The maximum Gasteiger partial charge on any atom is 0.241 e. The number of para-hydroxylation sites is 1. The fraction of sp³-hybridized carbons (Fsp3) is 0.565. The Balaban J connectivity index is 1.46. The van der Waals surface area contributed by atoms with Gasteiger partial charge in [0.1, 0.15) is 0 Å². The average Bonchev–Trinajstić information content (AvgIpc) is 3.15. The smallest absolute Gasteiger partial charge is 0.241 e. The standard InChI is InChI=1S/C23H32N4O3S2/c1-16-9-11-26(21-7-5-6-8-22(21)31-16)23(28)14-25(4)13-20-17(2)24-27(18(20)3)19-10-12-32(29,30)15-19/h5-8,16,19H,9-15H2,1-4H3/t16-,19-/m0/s1. The summed E-state index contributed by atoms with van der Waals surface area (Å²) >= 11 is 1.83. The third kappa shape index (κ3) is 4.89. The van der Waals surface area contributed by atoms with Gasteiger partial charge >= 0.3 is 0 Å². The number of aryl methyl sites for hydroxylation is 1. The van der Waals surface area contributed by atoms with Gasteiger partial charge in [-0.3, -0.25) is 14.4 Å². The highest BCUT2D eigenvalue weighted by atomic mass is 32.2. The number of hydrogen-bond donors (Lipinski definition) is 0. The number of hydrogen-bond acceptors (Lipinski definition) is 6. The highest BCUT2D eigenvalue weighted by Crippen LogP contribution is 2.37. The van der Waals surface area contributed by atoms with Crippen molar-refractivity contribution >= 4 is 33.2 Å². The highest BCUT2D eigenvalue weighted by molar-refractivity contribution is 8.00. The first-order chi connectivity index (χ1) is 15.1. The summed E-state index contributed by atoms with van der Waals surface area (Å²) in [5.74, 6) is 0.487. The van der Waals surface area contributed by atoms with Crippen LogP contribution in [0.15, 0.2) is 29.2 Å². The Morgan fingerprint density at radius 2 is 2.00 bits per heavy atom. The number of likely N-dealkylation sites (N-methyl/N-ethyl adjacent to an activating group) is 1. The summed E-state index contributed by atoms with van der Waals surface area (Å²) in [4.78, 5) is 18.4. The molecule has 174 valence electrons. The normalized spacial score (nSPS) is 22.7. The molecule has 0 unspecified atom stereocenters. The Morgan fingerprint density at radius 1 is 1.25 bits per heavy atom. The lowest BCUT2D eigenvalue weighted by atomic mass is 10.1. The lowest BCUT2D eigenvalue weighted by molar-refractivity contribution is -0.119. The van der Waals surface area contributed by atoms with E-state index in [0.29, 0.717) is 24.8 Å². The number of amides is 1. The summed E-state index contributed by atoms with van der Waals surface area (Å²) in [5, 5.41) is 5.13. The van der Waals surface area contributed by atoms with Crippen molar-refractivity contribution in [3.63, 3.8) is 0 Å². The summed E-state index contributed by atoms with van der Waals surface area (Å²) in [6, 6.07) is 8.05. The zero-order valence-electron chi connectivity index (χ0n) is 19.2. The van der Waals surface area contributed by atoms with Gasteiger partial charge in [-0.2, -0.15) is 5.10 Å². The first kappa shape index (κ1) is 23.3. The van der Waals surface area contributed by atoms with Crippen LogP contribution in [0.5, 0.6) is 0 Å². The number of fused-ring (bicyclic) bond motifs is 1. The predicted octanol–water partition coefficient (Wildman–Crippen LogP) is 3.21. The molecule has 0 saturated carbocycles. The fourth-order valence-corrected chi connectivity index (χ4v) is 7.44. The number of carbonyl (C=O) groups is 1. The number of sulfone groups is 1. The number of thioether (sulfide) groups is 1. The van der Waals surface area contributed by atoms with Gasteiger partial charge in [-0.25, -0.2) is 8.42 Å². The van der Waals surface area contributed by atoms with Gasteiger partial charge < -0.3 is 4.90 Å². The number of aromatic nitrogens is 2. The molecule has 2 aromatic rings. The zero-order chi connectivity index (χ0) is 23.0. The van der Waals surface area contributed by atoms with Crippen LogP contribution in [-0.4, -0.2) is 65.9 Å². The second kappa shape index (κ2) is 9.19. The van der Waals surface area contributed by atoms with E-state index in [1.807, 2.05) is 65.3 Å². The molecule has 0 radical (unpaired) electrons. The molecular weight excluding hydrogens is 444 g/mol. The summed E-state index contributed by atoms with van der Waals surface area (Å²) in [6.07, 6.45) is 1.58. The van der Waals surface area contributed by atoms with Gasteiger partial charge in [0.05, 0.1) is 35.5 Å². The summed E-state index contributed by atoms with van der Waals surface area (Å²) in [7, 11) is -1.02. The number of anilines is 1. The molecule has 1 aromatic heterocycles. The first-order valence-electron chi connectivity index (χ1n) is 11.1. The Hall–Kier alpha value is -1.84. The van der Waals surface area contributed by atoms with Crippen LogP contribution in [-0.2, 0) is 21.2 Å². The van der Waals surface area contributed by atoms with Crippen LogP contribution in [0.1, 0.15) is 42.8 Å². The Labute approximate surface area is 195 Å². The lowest BCUT2D eigenvalue weighted by Crippen LogP contribution is -2.39. The summed E-state index contributed by atoms with van der Waals surface area (Å²) in [5.41, 5.74) is 3.97. The maximum atomic E-state index is 13.3. The molecule has 1 fully saturated rings. The largest absolute Gasteiger partial charge is 0.310 e. The zero-order valence-corrected chi connectivity index (χ0v) is 20.9. The van der Waals surface area contributed by atoms with E-state index in [1.54, 1.807) is 0 Å². The van der Waals surface area contributed by atoms with Gasteiger partial charge in [0, 0.05) is 34.5 Å². The molecular formula is C23H32N4O3S2. The molecule has 4 rings (SSSR count). The quantitative estimate of drug-likeness (QED) is 0.660. The van der Waals surface area contributed by atoms with Crippen molar-refractivity contribution in [3.05, 3.63) is 41.2 Å². The van der Waals surface area contributed by atoms with Crippen LogP contribution in [0, 0.1) is 13.8 Å². The van der Waals surface area contributed by atoms with Gasteiger partial charge in [0.15, 0.2) is 9.84 Å². The first-order valence-corrected chi connectivity index (χ1v) is 13.8. The number of carbonyl (C=O) groups excluding carboxylic acids is 1. The van der Waals surface area contributed by atoms with Gasteiger partial charge in [-0.05, 0) is 45.9 Å². The average molecular weight is 477 g/mol. The van der Waals surface area contributed by atoms with E-state index >= 15 is 0 Å². The molecule has 1 aromatic carbocycles. The lowest BCUT2D eigenvalue weighted by Gasteiger charge is -2.25. The molecule has 0 N–H and O–H groups in total. The van der Waals surface area contributed by atoms with Crippen LogP contribution < -0.4 is 4.90 Å². The molecule has 3 heterocycles. The molecule has 0 spiro atoms. The van der Waals surface area contributed by atoms with Crippen LogP contribution in [0.25, 0.3) is 0 Å². The monoisotopic (exact) mass is 476 g/mol. The van der Waals surface area contributed by atoms with E-state index < -0.39 is 9.84 Å².